The average molecular weight is 221 g/mol. The quantitative estimate of drug-likeness (QED) is 0.827. The summed E-state index contributed by atoms with van der Waals surface area (Å²) in [4.78, 5) is 0. The highest BCUT2D eigenvalue weighted by molar-refractivity contribution is 6.30. The van der Waals surface area contributed by atoms with E-state index in [0.717, 1.165) is 0 Å². The predicted molar refractivity (Wildman–Crippen MR) is 51.9 cm³/mol. The van der Waals surface area contributed by atoms with Gasteiger partial charge in [0.05, 0.1) is 0 Å². The number of rotatable bonds is 4. The van der Waals surface area contributed by atoms with Crippen LogP contribution in [0.2, 0.25) is 5.02 Å². The molecular weight excluding hydrogens is 210 g/mol. The van der Waals surface area contributed by atoms with E-state index in [9.17, 15) is 8.78 Å². The number of hydrogen-bond donors (Lipinski definition) is 1. The van der Waals surface area contributed by atoms with E-state index in [1.54, 1.807) is 24.3 Å². The SMILES string of the molecule is OCCC(c1ccc(Cl)cc1)C(F)F. The molecule has 4 heteroatoms. The highest BCUT2D eigenvalue weighted by Gasteiger charge is 2.21. The third kappa shape index (κ3) is 2.93. The van der Waals surface area contributed by atoms with Gasteiger partial charge in [-0.3, -0.25) is 0 Å². The van der Waals surface area contributed by atoms with Gasteiger partial charge in [-0.05, 0) is 24.1 Å². The average Bonchev–Trinajstić information content (AvgIpc) is 2.15. The lowest BCUT2D eigenvalue weighted by Crippen LogP contribution is -2.10. The molecule has 0 saturated carbocycles. The maximum Gasteiger partial charge on any atom is 0.245 e. The zero-order valence-electron chi connectivity index (χ0n) is 7.46. The molecule has 1 atom stereocenters. The van der Waals surface area contributed by atoms with Gasteiger partial charge in [0, 0.05) is 17.5 Å². The molecule has 0 fully saturated rings. The van der Waals surface area contributed by atoms with Crippen LogP contribution in [-0.4, -0.2) is 18.1 Å². The van der Waals surface area contributed by atoms with Gasteiger partial charge in [0.2, 0.25) is 6.43 Å². The first-order chi connectivity index (χ1) is 6.65. The molecule has 14 heavy (non-hydrogen) atoms. The minimum Gasteiger partial charge on any atom is -0.396 e. The highest BCUT2D eigenvalue weighted by atomic mass is 35.5. The Morgan fingerprint density at radius 1 is 1.21 bits per heavy atom. The van der Waals surface area contributed by atoms with Crippen molar-refractivity contribution < 1.29 is 13.9 Å². The Morgan fingerprint density at radius 3 is 2.21 bits per heavy atom. The van der Waals surface area contributed by atoms with Crippen LogP contribution in [0, 0.1) is 0 Å². The number of benzene rings is 1. The molecule has 78 valence electrons. The topological polar surface area (TPSA) is 20.2 Å². The van der Waals surface area contributed by atoms with Crippen LogP contribution in [0.5, 0.6) is 0 Å². The molecule has 1 aromatic rings. The first kappa shape index (κ1) is 11.4. The maximum absolute atomic E-state index is 12.5. The molecule has 0 radical (unpaired) electrons. The van der Waals surface area contributed by atoms with Crippen LogP contribution in [0.1, 0.15) is 17.9 Å². The van der Waals surface area contributed by atoms with Crippen molar-refractivity contribution >= 4 is 11.6 Å². The third-order valence-electron chi connectivity index (χ3n) is 2.04. The molecular formula is C10H11ClF2O. The summed E-state index contributed by atoms with van der Waals surface area (Å²) in [6.07, 6.45) is -2.39. The second-order valence-corrected chi connectivity index (χ2v) is 3.44. The van der Waals surface area contributed by atoms with Gasteiger partial charge < -0.3 is 5.11 Å². The summed E-state index contributed by atoms with van der Waals surface area (Å²) in [7, 11) is 0. The molecule has 0 aliphatic heterocycles. The summed E-state index contributed by atoms with van der Waals surface area (Å²) >= 11 is 5.64. The Bertz CT molecular complexity index is 274. The van der Waals surface area contributed by atoms with Crippen molar-refractivity contribution in [2.24, 2.45) is 0 Å². The molecule has 0 saturated heterocycles. The summed E-state index contributed by atoms with van der Waals surface area (Å²) in [6.45, 7) is -0.238. The lowest BCUT2D eigenvalue weighted by Gasteiger charge is -2.14. The fourth-order valence-electron chi connectivity index (χ4n) is 1.29. The van der Waals surface area contributed by atoms with E-state index in [-0.39, 0.29) is 13.0 Å². The second kappa shape index (κ2) is 5.27. The van der Waals surface area contributed by atoms with Gasteiger partial charge in [0.15, 0.2) is 0 Å². The van der Waals surface area contributed by atoms with E-state index in [2.05, 4.69) is 0 Å². The standard InChI is InChI=1S/C10H11ClF2O/c11-8-3-1-7(2-4-8)9(5-6-14)10(12)13/h1-4,9-10,14H,5-6H2. The molecule has 1 aromatic carbocycles. The van der Waals surface area contributed by atoms with Gasteiger partial charge in [-0.1, -0.05) is 23.7 Å². The largest absolute Gasteiger partial charge is 0.396 e. The van der Waals surface area contributed by atoms with E-state index in [1.165, 1.54) is 0 Å². The lowest BCUT2D eigenvalue weighted by molar-refractivity contribution is 0.0988. The maximum atomic E-state index is 12.5. The molecule has 0 aromatic heterocycles. The van der Waals surface area contributed by atoms with Crippen LogP contribution < -0.4 is 0 Å². The predicted octanol–water partition coefficient (Wildman–Crippen LogP) is 3.07. The van der Waals surface area contributed by atoms with E-state index in [1.807, 2.05) is 0 Å². The van der Waals surface area contributed by atoms with Gasteiger partial charge in [-0.2, -0.15) is 0 Å². The third-order valence-corrected chi connectivity index (χ3v) is 2.29. The van der Waals surface area contributed by atoms with Crippen LogP contribution in [0.15, 0.2) is 24.3 Å². The van der Waals surface area contributed by atoms with Gasteiger partial charge in [-0.25, -0.2) is 8.78 Å². The molecule has 0 aliphatic carbocycles. The van der Waals surface area contributed by atoms with Crippen molar-refractivity contribution in [3.05, 3.63) is 34.9 Å². The fraction of sp³-hybridized carbons (Fsp3) is 0.400. The van der Waals surface area contributed by atoms with Gasteiger partial charge >= 0.3 is 0 Å². The zero-order chi connectivity index (χ0) is 10.6. The Hall–Kier alpha value is -0.670. The van der Waals surface area contributed by atoms with Gasteiger partial charge in [0.1, 0.15) is 0 Å². The highest BCUT2D eigenvalue weighted by Crippen LogP contribution is 2.27. The summed E-state index contributed by atoms with van der Waals surface area (Å²) in [5.41, 5.74) is 0.512. The van der Waals surface area contributed by atoms with Crippen molar-refractivity contribution in [3.8, 4) is 0 Å². The molecule has 1 N–H and O–H groups in total. The molecule has 1 unspecified atom stereocenters. The van der Waals surface area contributed by atoms with Crippen LogP contribution in [0.3, 0.4) is 0 Å². The number of halogens is 3. The molecule has 0 amide bonds. The second-order valence-electron chi connectivity index (χ2n) is 3.00. The minimum atomic E-state index is -2.46. The molecule has 0 bridgehead atoms. The summed E-state index contributed by atoms with van der Waals surface area (Å²) in [5, 5.41) is 9.16. The number of aliphatic hydroxyl groups excluding tert-OH is 1. The molecule has 0 heterocycles. The van der Waals surface area contributed by atoms with Crippen molar-refractivity contribution in [1.82, 2.24) is 0 Å². The van der Waals surface area contributed by atoms with Crippen LogP contribution in [0.4, 0.5) is 8.78 Å². The van der Waals surface area contributed by atoms with Crippen molar-refractivity contribution in [1.29, 1.82) is 0 Å². The summed E-state index contributed by atoms with van der Waals surface area (Å²) < 4.78 is 25.1. The minimum absolute atomic E-state index is 0.0687. The smallest absolute Gasteiger partial charge is 0.245 e. The number of aliphatic hydroxyl groups is 1. The molecule has 1 rings (SSSR count). The monoisotopic (exact) mass is 220 g/mol. The normalized spacial score (nSPS) is 13.2. The summed E-state index contributed by atoms with van der Waals surface area (Å²) in [5.74, 6) is -0.905. The Balaban J connectivity index is 2.82. The molecule has 1 nitrogen and oxygen atoms in total. The van der Waals surface area contributed by atoms with E-state index < -0.39 is 12.3 Å². The fourth-order valence-corrected chi connectivity index (χ4v) is 1.41. The Labute approximate surface area is 86.3 Å². The first-order valence-electron chi connectivity index (χ1n) is 4.29. The Kier molecular flexibility index (Phi) is 4.29. The van der Waals surface area contributed by atoms with Crippen LogP contribution in [0.25, 0.3) is 0 Å². The molecule has 0 aliphatic rings. The van der Waals surface area contributed by atoms with Gasteiger partial charge in [0.25, 0.3) is 0 Å². The molecule has 0 spiro atoms. The Morgan fingerprint density at radius 2 is 1.79 bits per heavy atom. The number of hydrogen-bond acceptors (Lipinski definition) is 1. The summed E-state index contributed by atoms with van der Waals surface area (Å²) in [6, 6.07) is 6.27. The van der Waals surface area contributed by atoms with E-state index in [0.29, 0.717) is 10.6 Å². The van der Waals surface area contributed by atoms with E-state index in [4.69, 9.17) is 16.7 Å². The van der Waals surface area contributed by atoms with Crippen LogP contribution >= 0.6 is 11.6 Å². The van der Waals surface area contributed by atoms with Crippen molar-refractivity contribution in [3.63, 3.8) is 0 Å². The zero-order valence-corrected chi connectivity index (χ0v) is 8.22. The van der Waals surface area contributed by atoms with Crippen LogP contribution in [-0.2, 0) is 0 Å². The van der Waals surface area contributed by atoms with E-state index >= 15 is 0 Å². The van der Waals surface area contributed by atoms with Crippen molar-refractivity contribution in [2.45, 2.75) is 18.8 Å². The van der Waals surface area contributed by atoms with Gasteiger partial charge in [-0.15, -0.1) is 0 Å². The number of alkyl halides is 2. The van der Waals surface area contributed by atoms with Crippen molar-refractivity contribution in [2.75, 3.05) is 6.61 Å². The lowest BCUT2D eigenvalue weighted by atomic mass is 9.97. The first-order valence-corrected chi connectivity index (χ1v) is 4.67.